The molecule has 0 radical (unpaired) electrons. The van der Waals surface area contributed by atoms with E-state index in [0.29, 0.717) is 6.54 Å². The van der Waals surface area contributed by atoms with E-state index >= 15 is 0 Å². The minimum absolute atomic E-state index is 0.575. The molecule has 0 fully saturated rings. The van der Waals surface area contributed by atoms with Crippen LogP contribution in [-0.4, -0.2) is 34.0 Å². The molecule has 0 atom stereocenters. The van der Waals surface area contributed by atoms with Crippen LogP contribution in [0.4, 0.5) is 0 Å². The summed E-state index contributed by atoms with van der Waals surface area (Å²) in [5, 5.41) is 0.981. The third-order valence-electron chi connectivity index (χ3n) is 0.729. The molecule has 0 aliphatic rings. The van der Waals surface area contributed by atoms with E-state index in [1.54, 1.807) is 0 Å². The lowest BCUT2D eigenvalue weighted by molar-refractivity contribution is 0.456. The molecule has 0 aromatic carbocycles. The van der Waals surface area contributed by atoms with E-state index in [9.17, 15) is 8.42 Å². The molecular formula is C5H10ClNO2S. The fraction of sp³-hybridized carbons (Fsp3) is 0.600. The molecule has 0 heterocycles. The first-order valence-corrected chi connectivity index (χ1v) is 5.05. The molecular weight excluding hydrogens is 174 g/mol. The van der Waals surface area contributed by atoms with Crippen molar-refractivity contribution in [2.75, 3.05) is 20.6 Å². The highest BCUT2D eigenvalue weighted by atomic mass is 35.7. The van der Waals surface area contributed by atoms with E-state index in [1.807, 2.05) is 19.0 Å². The lowest BCUT2D eigenvalue weighted by atomic mass is 10.6. The topological polar surface area (TPSA) is 37.4 Å². The molecule has 0 spiro atoms. The van der Waals surface area contributed by atoms with Crippen molar-refractivity contribution in [3.05, 3.63) is 11.5 Å². The fourth-order valence-electron chi connectivity index (χ4n) is 0.369. The van der Waals surface area contributed by atoms with E-state index in [2.05, 4.69) is 0 Å². The Morgan fingerprint density at radius 1 is 1.50 bits per heavy atom. The van der Waals surface area contributed by atoms with Crippen LogP contribution >= 0.6 is 10.7 Å². The summed E-state index contributed by atoms with van der Waals surface area (Å²) in [4.78, 5) is 1.83. The van der Waals surface area contributed by atoms with Crippen LogP contribution in [0.15, 0.2) is 11.5 Å². The van der Waals surface area contributed by atoms with Crippen LogP contribution in [0.25, 0.3) is 0 Å². The first-order valence-electron chi connectivity index (χ1n) is 2.68. The van der Waals surface area contributed by atoms with E-state index in [0.717, 1.165) is 5.41 Å². The largest absolute Gasteiger partial charge is 0.306 e. The second-order valence-corrected chi connectivity index (χ2v) is 4.62. The van der Waals surface area contributed by atoms with Crippen molar-refractivity contribution in [1.29, 1.82) is 0 Å². The first-order chi connectivity index (χ1) is 4.42. The molecule has 0 saturated carbocycles. The zero-order valence-electron chi connectivity index (χ0n) is 5.91. The normalized spacial score (nSPS) is 13.2. The van der Waals surface area contributed by atoms with Gasteiger partial charge in [-0.1, -0.05) is 6.08 Å². The van der Waals surface area contributed by atoms with Gasteiger partial charge in [0.2, 0.25) is 0 Å². The summed E-state index contributed by atoms with van der Waals surface area (Å²) < 4.78 is 20.5. The Bertz CT molecular complexity index is 208. The Labute approximate surface area is 65.7 Å². The van der Waals surface area contributed by atoms with Crippen LogP contribution < -0.4 is 0 Å². The molecule has 0 rings (SSSR count). The average Bonchev–Trinajstić information content (AvgIpc) is 1.59. The number of rotatable bonds is 3. The highest BCUT2D eigenvalue weighted by Crippen LogP contribution is 1.96. The van der Waals surface area contributed by atoms with Crippen molar-refractivity contribution >= 4 is 19.7 Å². The van der Waals surface area contributed by atoms with Gasteiger partial charge in [-0.2, -0.15) is 0 Å². The summed E-state index contributed by atoms with van der Waals surface area (Å²) in [5.74, 6) is 0. The standard InChI is InChI=1S/C5H10ClNO2S/c1-7(2)4-3-5-10(6,8)9/h3,5H,4H2,1-2H3/b5-3+. The Morgan fingerprint density at radius 2 is 2.00 bits per heavy atom. The summed E-state index contributed by atoms with van der Waals surface area (Å²) in [6, 6.07) is 0. The molecule has 0 bridgehead atoms. The Morgan fingerprint density at radius 3 is 2.30 bits per heavy atom. The zero-order valence-corrected chi connectivity index (χ0v) is 7.48. The second-order valence-electron chi connectivity index (χ2n) is 2.11. The smallest absolute Gasteiger partial charge is 0.254 e. The molecule has 0 aliphatic heterocycles. The quantitative estimate of drug-likeness (QED) is 0.603. The SMILES string of the molecule is CN(C)C/C=C/S(=O)(=O)Cl. The lowest BCUT2D eigenvalue weighted by Gasteiger charge is -2.02. The minimum atomic E-state index is -3.45. The molecule has 0 aliphatic carbocycles. The third-order valence-corrected chi connectivity index (χ3v) is 1.56. The van der Waals surface area contributed by atoms with Crippen molar-refractivity contribution in [3.8, 4) is 0 Å². The summed E-state index contributed by atoms with van der Waals surface area (Å²) in [6.45, 7) is 0.575. The summed E-state index contributed by atoms with van der Waals surface area (Å²) in [6.07, 6.45) is 1.49. The highest BCUT2D eigenvalue weighted by molar-refractivity contribution is 8.16. The van der Waals surface area contributed by atoms with E-state index in [1.165, 1.54) is 6.08 Å². The first kappa shape index (κ1) is 9.94. The zero-order chi connectivity index (χ0) is 8.20. The highest BCUT2D eigenvalue weighted by Gasteiger charge is 1.94. The molecule has 0 amide bonds. The van der Waals surface area contributed by atoms with Crippen molar-refractivity contribution in [1.82, 2.24) is 4.90 Å². The molecule has 0 aromatic rings. The summed E-state index contributed by atoms with van der Waals surface area (Å²) in [7, 11) is 5.11. The molecule has 10 heavy (non-hydrogen) atoms. The maximum Gasteiger partial charge on any atom is 0.254 e. The van der Waals surface area contributed by atoms with Gasteiger partial charge in [-0.05, 0) is 14.1 Å². The number of hydrogen-bond acceptors (Lipinski definition) is 3. The molecule has 5 heteroatoms. The molecule has 0 N–H and O–H groups in total. The van der Waals surface area contributed by atoms with Gasteiger partial charge in [0.05, 0.1) is 0 Å². The van der Waals surface area contributed by atoms with Gasteiger partial charge in [0.25, 0.3) is 9.05 Å². The number of hydrogen-bond donors (Lipinski definition) is 0. The Kier molecular flexibility index (Phi) is 3.93. The minimum Gasteiger partial charge on any atom is -0.306 e. The van der Waals surface area contributed by atoms with Crippen LogP contribution in [0.3, 0.4) is 0 Å². The van der Waals surface area contributed by atoms with Gasteiger partial charge >= 0.3 is 0 Å². The predicted octanol–water partition coefficient (Wildman–Crippen LogP) is 0.630. The van der Waals surface area contributed by atoms with Crippen molar-refractivity contribution in [2.24, 2.45) is 0 Å². The van der Waals surface area contributed by atoms with Gasteiger partial charge in [-0.3, -0.25) is 0 Å². The monoisotopic (exact) mass is 183 g/mol. The summed E-state index contributed by atoms with van der Waals surface area (Å²) in [5.41, 5.74) is 0. The van der Waals surface area contributed by atoms with Crippen LogP contribution in [-0.2, 0) is 9.05 Å². The number of halogens is 1. The maximum absolute atomic E-state index is 10.3. The number of nitrogens with zero attached hydrogens (tertiary/aromatic N) is 1. The van der Waals surface area contributed by atoms with Crippen LogP contribution in [0.5, 0.6) is 0 Å². The van der Waals surface area contributed by atoms with Gasteiger partial charge < -0.3 is 4.90 Å². The molecule has 0 saturated heterocycles. The molecule has 3 nitrogen and oxygen atoms in total. The van der Waals surface area contributed by atoms with Crippen LogP contribution in [0, 0.1) is 0 Å². The van der Waals surface area contributed by atoms with Gasteiger partial charge in [0.15, 0.2) is 0 Å². The van der Waals surface area contributed by atoms with Gasteiger partial charge in [-0.15, -0.1) is 0 Å². The van der Waals surface area contributed by atoms with Crippen molar-refractivity contribution in [2.45, 2.75) is 0 Å². The van der Waals surface area contributed by atoms with E-state index in [4.69, 9.17) is 10.7 Å². The average molecular weight is 184 g/mol. The van der Waals surface area contributed by atoms with E-state index in [-0.39, 0.29) is 0 Å². The lowest BCUT2D eigenvalue weighted by Crippen LogP contribution is -2.10. The third kappa shape index (κ3) is 7.94. The maximum atomic E-state index is 10.3. The summed E-state index contributed by atoms with van der Waals surface area (Å²) >= 11 is 0. The van der Waals surface area contributed by atoms with Gasteiger partial charge in [-0.25, -0.2) is 8.42 Å². The predicted molar refractivity (Wildman–Crippen MR) is 42.5 cm³/mol. The molecule has 0 aromatic heterocycles. The van der Waals surface area contributed by atoms with Crippen molar-refractivity contribution < 1.29 is 8.42 Å². The molecule has 60 valence electrons. The van der Waals surface area contributed by atoms with Gasteiger partial charge in [0.1, 0.15) is 0 Å². The van der Waals surface area contributed by atoms with Crippen LogP contribution in [0.1, 0.15) is 0 Å². The van der Waals surface area contributed by atoms with E-state index < -0.39 is 9.05 Å². The fourth-order valence-corrected chi connectivity index (χ4v) is 0.903. The Balaban J connectivity index is 3.80. The number of likely N-dealkylation sites (N-methyl/N-ethyl adjacent to an activating group) is 1. The van der Waals surface area contributed by atoms with Gasteiger partial charge in [0, 0.05) is 22.6 Å². The van der Waals surface area contributed by atoms with Crippen LogP contribution in [0.2, 0.25) is 0 Å². The molecule has 0 unspecified atom stereocenters. The second kappa shape index (κ2) is 3.95. The Hall–Kier alpha value is -0.0600. The van der Waals surface area contributed by atoms with Crippen molar-refractivity contribution in [3.63, 3.8) is 0 Å².